The number of benzene rings is 2. The van der Waals surface area contributed by atoms with Crippen LogP contribution in [0.15, 0.2) is 67.1 Å². The zero-order valence-corrected chi connectivity index (χ0v) is 21.0. The van der Waals surface area contributed by atoms with Gasteiger partial charge >= 0.3 is 10.2 Å². The molecule has 0 saturated heterocycles. The summed E-state index contributed by atoms with van der Waals surface area (Å²) in [5.74, 6) is -1.14. The largest absolute Gasteiger partial charge is 0.505 e. The SMILES string of the molecule is CN(Cc1ccncc1)S(=O)(=O)N(C)c1c2c(c(O)c3ncccc13)C(=O)N(Cc1ccc(F)cc1)C2. The summed E-state index contributed by atoms with van der Waals surface area (Å²) in [5.41, 5.74) is 2.26. The average Bonchev–Trinajstić information content (AvgIpc) is 3.21. The quantitative estimate of drug-likeness (QED) is 0.399. The number of carbonyl (C=O) groups is 1. The number of fused-ring (bicyclic) bond motifs is 2. The molecule has 5 rings (SSSR count). The second-order valence-electron chi connectivity index (χ2n) is 8.82. The molecule has 0 atom stereocenters. The first-order valence-electron chi connectivity index (χ1n) is 11.4. The Balaban J connectivity index is 1.58. The van der Waals surface area contributed by atoms with Crippen molar-refractivity contribution < 1.29 is 22.7 Å². The van der Waals surface area contributed by atoms with Crippen LogP contribution in [0.3, 0.4) is 0 Å². The van der Waals surface area contributed by atoms with Crippen LogP contribution in [0.1, 0.15) is 27.0 Å². The summed E-state index contributed by atoms with van der Waals surface area (Å²) in [4.78, 5) is 23.1. The van der Waals surface area contributed by atoms with Gasteiger partial charge in [0.25, 0.3) is 5.91 Å². The first kappa shape index (κ1) is 24.6. The highest BCUT2D eigenvalue weighted by atomic mass is 32.2. The summed E-state index contributed by atoms with van der Waals surface area (Å²) >= 11 is 0. The van der Waals surface area contributed by atoms with Gasteiger partial charge in [-0.1, -0.05) is 12.1 Å². The molecule has 0 fully saturated rings. The van der Waals surface area contributed by atoms with E-state index in [1.165, 1.54) is 41.6 Å². The Morgan fingerprint density at radius 3 is 2.43 bits per heavy atom. The molecular weight excluding hydrogens is 497 g/mol. The van der Waals surface area contributed by atoms with E-state index in [1.54, 1.807) is 48.8 Å². The molecule has 0 spiro atoms. The van der Waals surface area contributed by atoms with E-state index in [4.69, 9.17) is 0 Å². The van der Waals surface area contributed by atoms with Crippen LogP contribution >= 0.6 is 0 Å². The number of rotatable bonds is 7. The number of phenolic OH excluding ortho intramolecular Hbond substituents is 1. The van der Waals surface area contributed by atoms with Gasteiger partial charge in [0.1, 0.15) is 11.3 Å². The standard InChI is InChI=1S/C26H24FN5O4S/c1-30(14-18-9-12-28-13-10-18)37(35,36)31(2)24-20-4-3-11-29-23(20)25(33)22-21(24)16-32(26(22)34)15-17-5-7-19(27)8-6-17/h3-13,33H,14-16H2,1-2H3. The summed E-state index contributed by atoms with van der Waals surface area (Å²) < 4.78 is 43.0. The lowest BCUT2D eigenvalue weighted by atomic mass is 10.0. The van der Waals surface area contributed by atoms with Crippen LogP contribution in [0.5, 0.6) is 5.75 Å². The van der Waals surface area contributed by atoms with E-state index in [0.29, 0.717) is 16.5 Å². The number of amides is 1. The van der Waals surface area contributed by atoms with Gasteiger partial charge in [-0.3, -0.25) is 19.1 Å². The van der Waals surface area contributed by atoms with E-state index in [9.17, 15) is 22.7 Å². The van der Waals surface area contributed by atoms with Gasteiger partial charge in [0.05, 0.1) is 11.3 Å². The van der Waals surface area contributed by atoms with Gasteiger partial charge in [-0.25, -0.2) is 4.39 Å². The number of hydrogen-bond donors (Lipinski definition) is 1. The number of aromatic hydroxyl groups is 1. The van der Waals surface area contributed by atoms with E-state index >= 15 is 0 Å². The van der Waals surface area contributed by atoms with Gasteiger partial charge in [0.15, 0.2) is 5.75 Å². The van der Waals surface area contributed by atoms with Gasteiger partial charge in [-0.15, -0.1) is 0 Å². The number of nitrogens with zero attached hydrogens (tertiary/aromatic N) is 5. The predicted octanol–water partition coefficient (Wildman–Crippen LogP) is 3.44. The predicted molar refractivity (Wildman–Crippen MR) is 136 cm³/mol. The smallest absolute Gasteiger partial charge is 0.303 e. The van der Waals surface area contributed by atoms with Gasteiger partial charge in [0.2, 0.25) is 0 Å². The second-order valence-corrected chi connectivity index (χ2v) is 10.9. The molecule has 190 valence electrons. The summed E-state index contributed by atoms with van der Waals surface area (Å²) in [6.45, 7) is 0.337. The highest BCUT2D eigenvalue weighted by Crippen LogP contribution is 2.44. The Morgan fingerprint density at radius 1 is 1.03 bits per heavy atom. The summed E-state index contributed by atoms with van der Waals surface area (Å²) in [5, 5.41) is 11.4. The third-order valence-electron chi connectivity index (χ3n) is 6.46. The maximum atomic E-state index is 13.7. The maximum absolute atomic E-state index is 13.7. The Bertz CT molecular complexity index is 1600. The number of aromatic nitrogens is 2. The van der Waals surface area contributed by atoms with Crippen molar-refractivity contribution in [1.29, 1.82) is 0 Å². The molecule has 1 N–H and O–H groups in total. The van der Waals surface area contributed by atoms with E-state index in [1.807, 2.05) is 0 Å². The molecule has 0 unspecified atom stereocenters. The number of hydrogen-bond acceptors (Lipinski definition) is 6. The third kappa shape index (κ3) is 4.36. The zero-order valence-electron chi connectivity index (χ0n) is 20.2. The van der Waals surface area contributed by atoms with Crippen molar-refractivity contribution in [2.45, 2.75) is 19.6 Å². The van der Waals surface area contributed by atoms with E-state index < -0.39 is 16.1 Å². The molecule has 9 nitrogen and oxygen atoms in total. The third-order valence-corrected chi connectivity index (χ3v) is 8.25. The van der Waals surface area contributed by atoms with Crippen molar-refractivity contribution in [2.24, 2.45) is 0 Å². The van der Waals surface area contributed by atoms with Crippen molar-refractivity contribution in [2.75, 3.05) is 18.4 Å². The molecule has 1 amide bonds. The number of pyridine rings is 2. The number of anilines is 1. The lowest BCUT2D eigenvalue weighted by Crippen LogP contribution is -2.40. The van der Waals surface area contributed by atoms with Crippen molar-refractivity contribution in [3.8, 4) is 5.75 Å². The average molecular weight is 522 g/mol. The Kier molecular flexibility index (Phi) is 6.26. The Hall–Kier alpha value is -4.09. The fraction of sp³-hybridized carbons (Fsp3) is 0.192. The Morgan fingerprint density at radius 2 is 1.73 bits per heavy atom. The van der Waals surface area contributed by atoms with Crippen LogP contribution in [0, 0.1) is 5.82 Å². The molecule has 1 aliphatic heterocycles. The maximum Gasteiger partial charge on any atom is 0.303 e. The molecule has 4 aromatic rings. The first-order valence-corrected chi connectivity index (χ1v) is 12.8. The molecule has 0 bridgehead atoms. The van der Waals surface area contributed by atoms with Crippen LogP contribution in [0.25, 0.3) is 10.9 Å². The van der Waals surface area contributed by atoms with Crippen LogP contribution in [0.4, 0.5) is 10.1 Å². The Labute approximate surface area is 213 Å². The highest BCUT2D eigenvalue weighted by Gasteiger charge is 2.38. The minimum absolute atomic E-state index is 0.0159. The number of halogens is 1. The zero-order chi connectivity index (χ0) is 26.3. The number of phenols is 1. The van der Waals surface area contributed by atoms with Gasteiger partial charge in [-0.2, -0.15) is 12.7 Å². The summed E-state index contributed by atoms with van der Waals surface area (Å²) in [6, 6.07) is 12.5. The molecule has 0 saturated carbocycles. The van der Waals surface area contributed by atoms with Crippen molar-refractivity contribution in [3.63, 3.8) is 0 Å². The van der Waals surface area contributed by atoms with Crippen LogP contribution in [-0.4, -0.2) is 52.7 Å². The molecule has 1 aliphatic rings. The lowest BCUT2D eigenvalue weighted by Gasteiger charge is -2.28. The number of carbonyl (C=O) groups excluding carboxylic acids is 1. The van der Waals surface area contributed by atoms with E-state index in [0.717, 1.165) is 9.87 Å². The van der Waals surface area contributed by atoms with Gasteiger partial charge in [-0.05, 0) is 47.5 Å². The van der Waals surface area contributed by atoms with E-state index in [-0.39, 0.29) is 48.0 Å². The molecule has 3 heterocycles. The molecule has 37 heavy (non-hydrogen) atoms. The fourth-order valence-corrected chi connectivity index (χ4v) is 5.75. The first-order chi connectivity index (χ1) is 17.7. The van der Waals surface area contributed by atoms with Crippen molar-refractivity contribution in [3.05, 3.63) is 95.2 Å². The molecule has 11 heteroatoms. The van der Waals surface area contributed by atoms with Crippen molar-refractivity contribution >= 4 is 32.7 Å². The monoisotopic (exact) mass is 521 g/mol. The molecule has 2 aromatic carbocycles. The molecule has 2 aromatic heterocycles. The van der Waals surface area contributed by atoms with Crippen LogP contribution < -0.4 is 4.31 Å². The second kappa shape index (κ2) is 9.41. The van der Waals surface area contributed by atoms with Gasteiger partial charge in [0, 0.05) is 63.3 Å². The highest BCUT2D eigenvalue weighted by molar-refractivity contribution is 7.90. The van der Waals surface area contributed by atoms with E-state index in [2.05, 4.69) is 9.97 Å². The minimum Gasteiger partial charge on any atom is -0.505 e. The summed E-state index contributed by atoms with van der Waals surface area (Å²) in [6.07, 6.45) is 4.65. The molecule has 0 radical (unpaired) electrons. The molecular formula is C26H24FN5O4S. The lowest BCUT2D eigenvalue weighted by molar-refractivity contribution is 0.0764. The topological polar surface area (TPSA) is 107 Å². The minimum atomic E-state index is -4.05. The molecule has 0 aliphatic carbocycles. The van der Waals surface area contributed by atoms with Crippen molar-refractivity contribution in [1.82, 2.24) is 19.2 Å². The summed E-state index contributed by atoms with van der Waals surface area (Å²) in [7, 11) is -1.16. The van der Waals surface area contributed by atoms with Crippen LogP contribution in [-0.2, 0) is 29.8 Å². The van der Waals surface area contributed by atoms with Gasteiger partial charge < -0.3 is 10.0 Å². The fourth-order valence-electron chi connectivity index (χ4n) is 4.58. The van der Waals surface area contributed by atoms with Crippen LogP contribution in [0.2, 0.25) is 0 Å². The normalized spacial score (nSPS) is 13.4.